The van der Waals surface area contributed by atoms with E-state index in [-0.39, 0.29) is 0 Å². The Balaban J connectivity index is 1.58. The monoisotopic (exact) mass is 756 g/mol. The molecule has 0 aromatic carbocycles. The normalized spacial score (nSPS) is 50.1. The maximum absolute atomic E-state index is 11.2. The molecule has 0 radical (unpaired) electrons. The van der Waals surface area contributed by atoms with Crippen LogP contribution in [0.4, 0.5) is 0 Å². The zero-order valence-corrected chi connectivity index (χ0v) is 26.6. The van der Waals surface area contributed by atoms with Gasteiger partial charge in [-0.3, -0.25) is 0 Å². The van der Waals surface area contributed by atoms with E-state index in [2.05, 4.69) is 0 Å². The molecule has 0 saturated carbocycles. The molecular weight excluding hydrogens is 708 g/mol. The van der Waals surface area contributed by atoms with Crippen LogP contribution in [-0.2, 0) is 33.2 Å². The molecule has 0 amide bonds. The van der Waals surface area contributed by atoms with Crippen LogP contribution in [0.25, 0.3) is 0 Å². The zero-order chi connectivity index (χ0) is 38.1. The van der Waals surface area contributed by atoms with Gasteiger partial charge in [0.2, 0.25) is 0 Å². The summed E-state index contributed by atoms with van der Waals surface area (Å²) in [5.74, 6) is 0. The Bertz CT molecular complexity index is 1060. The summed E-state index contributed by atoms with van der Waals surface area (Å²) in [6.07, 6.45) is -45.2. The highest BCUT2D eigenvalue weighted by Gasteiger charge is 2.56. The van der Waals surface area contributed by atoms with Crippen molar-refractivity contribution in [2.45, 2.75) is 141 Å². The second-order valence-electron chi connectivity index (χ2n) is 12.7. The number of ether oxygens (including phenoxy) is 7. The van der Waals surface area contributed by atoms with Crippen LogP contribution in [-0.4, -0.2) is 254 Å². The van der Waals surface area contributed by atoms with E-state index in [0.717, 1.165) is 0 Å². The van der Waals surface area contributed by atoms with Crippen molar-refractivity contribution in [1.29, 1.82) is 0 Å². The summed E-state index contributed by atoms with van der Waals surface area (Å²) >= 11 is 0. The molecule has 23 atom stereocenters. The van der Waals surface area contributed by atoms with Gasteiger partial charge in [0.05, 0.1) is 26.4 Å². The first-order valence-electron chi connectivity index (χ1n) is 15.9. The standard InChI is InChI=1S/C27H48O24/c28-1-5(31)19-12(37)11(36)13(38)25(48-19)45-4-7(33)21-16(41)23(51-26-14(39)10(35)9(34)8(3-30)46-26)18(43)27(49-21)50-22-15(40)20(6(32)2-29)47-24(44)17(22)42/h5-44H,1-4H2/t5-,6-,7-,8+,9+,10-,11-,12-,13-,14+,15+,16+,17-,18-,19+,20+,21+,22-,23-,24-,25-,26+,27+/m0/s1. The van der Waals surface area contributed by atoms with Crippen LogP contribution in [0.1, 0.15) is 0 Å². The molecule has 4 rings (SSSR count). The molecule has 0 spiro atoms. The topological polar surface area (TPSA) is 409 Å². The van der Waals surface area contributed by atoms with Gasteiger partial charge in [-0.25, -0.2) is 0 Å². The van der Waals surface area contributed by atoms with Crippen LogP contribution >= 0.6 is 0 Å². The third-order valence-corrected chi connectivity index (χ3v) is 9.16. The lowest BCUT2D eigenvalue weighted by Gasteiger charge is -2.49. The Labute approximate surface area is 288 Å². The first kappa shape index (κ1) is 42.8. The van der Waals surface area contributed by atoms with Gasteiger partial charge in [-0.1, -0.05) is 0 Å². The number of aliphatic hydroxyl groups excluding tert-OH is 17. The van der Waals surface area contributed by atoms with Gasteiger partial charge in [-0.15, -0.1) is 0 Å². The van der Waals surface area contributed by atoms with Crippen molar-refractivity contribution in [2.75, 3.05) is 26.4 Å². The lowest BCUT2D eigenvalue weighted by Crippen LogP contribution is -2.68. The van der Waals surface area contributed by atoms with E-state index < -0.39 is 168 Å². The van der Waals surface area contributed by atoms with E-state index >= 15 is 0 Å². The fourth-order valence-electron chi connectivity index (χ4n) is 6.12. The Hall–Kier alpha value is -0.960. The summed E-state index contributed by atoms with van der Waals surface area (Å²) in [5, 5.41) is 175. The van der Waals surface area contributed by atoms with Crippen LogP contribution in [0.2, 0.25) is 0 Å². The van der Waals surface area contributed by atoms with E-state index in [1.807, 2.05) is 0 Å². The van der Waals surface area contributed by atoms with E-state index in [0.29, 0.717) is 0 Å². The van der Waals surface area contributed by atoms with Crippen molar-refractivity contribution < 1.29 is 120 Å². The zero-order valence-electron chi connectivity index (χ0n) is 26.6. The molecule has 0 aliphatic carbocycles. The van der Waals surface area contributed by atoms with Crippen LogP contribution in [0.15, 0.2) is 0 Å². The average molecular weight is 757 g/mol. The van der Waals surface area contributed by atoms with Crippen molar-refractivity contribution in [3.05, 3.63) is 0 Å². The molecule has 17 N–H and O–H groups in total. The molecule has 0 unspecified atom stereocenters. The first-order chi connectivity index (χ1) is 24.0. The Morgan fingerprint density at radius 1 is 0.431 bits per heavy atom. The number of aliphatic hydroxyl groups is 17. The highest BCUT2D eigenvalue weighted by molar-refractivity contribution is 4.99. The van der Waals surface area contributed by atoms with Crippen LogP contribution in [0.5, 0.6) is 0 Å². The van der Waals surface area contributed by atoms with Crippen molar-refractivity contribution in [3.8, 4) is 0 Å². The Kier molecular flexibility index (Phi) is 15.2. The lowest BCUT2D eigenvalue weighted by molar-refractivity contribution is -0.386. The maximum atomic E-state index is 11.2. The molecule has 4 saturated heterocycles. The van der Waals surface area contributed by atoms with Gasteiger partial charge < -0.3 is 120 Å². The van der Waals surface area contributed by atoms with Gasteiger partial charge in [0, 0.05) is 0 Å². The molecule has 0 aromatic heterocycles. The second-order valence-corrected chi connectivity index (χ2v) is 12.7. The minimum atomic E-state index is -2.22. The molecule has 51 heavy (non-hydrogen) atoms. The van der Waals surface area contributed by atoms with Gasteiger partial charge in [0.15, 0.2) is 25.2 Å². The number of hydrogen-bond acceptors (Lipinski definition) is 24. The summed E-state index contributed by atoms with van der Waals surface area (Å²) in [6, 6.07) is 0. The quantitative estimate of drug-likeness (QED) is 0.0829. The number of rotatable bonds is 13. The van der Waals surface area contributed by atoms with E-state index in [9.17, 15) is 86.8 Å². The average Bonchev–Trinajstić information content (AvgIpc) is 3.11. The molecule has 4 aliphatic rings. The molecule has 4 fully saturated rings. The van der Waals surface area contributed by atoms with Crippen molar-refractivity contribution in [2.24, 2.45) is 0 Å². The summed E-state index contributed by atoms with van der Waals surface area (Å²) in [7, 11) is 0. The maximum Gasteiger partial charge on any atom is 0.187 e. The lowest BCUT2D eigenvalue weighted by atomic mass is 9.93. The molecular formula is C27H48O24. The van der Waals surface area contributed by atoms with Crippen LogP contribution < -0.4 is 0 Å². The smallest absolute Gasteiger partial charge is 0.187 e. The van der Waals surface area contributed by atoms with Gasteiger partial charge in [0.1, 0.15) is 116 Å². The fraction of sp³-hybridized carbons (Fsp3) is 1.00. The largest absolute Gasteiger partial charge is 0.394 e. The van der Waals surface area contributed by atoms with Crippen molar-refractivity contribution in [3.63, 3.8) is 0 Å². The third kappa shape index (κ3) is 8.96. The summed E-state index contributed by atoms with van der Waals surface area (Å²) in [4.78, 5) is 0. The van der Waals surface area contributed by atoms with Crippen molar-refractivity contribution in [1.82, 2.24) is 0 Å². The third-order valence-electron chi connectivity index (χ3n) is 9.16. The summed E-state index contributed by atoms with van der Waals surface area (Å²) in [5.41, 5.74) is 0. The molecule has 4 aliphatic heterocycles. The van der Waals surface area contributed by atoms with Gasteiger partial charge in [-0.05, 0) is 0 Å². The summed E-state index contributed by atoms with van der Waals surface area (Å²) < 4.78 is 37.4. The fourth-order valence-corrected chi connectivity index (χ4v) is 6.12. The molecule has 0 bridgehead atoms. The summed E-state index contributed by atoms with van der Waals surface area (Å²) in [6.45, 7) is -3.79. The van der Waals surface area contributed by atoms with E-state index in [1.165, 1.54) is 0 Å². The highest BCUT2D eigenvalue weighted by Crippen LogP contribution is 2.34. The molecule has 24 nitrogen and oxygen atoms in total. The SMILES string of the molecule is OC[C@H](O)[C@H]1O[C@H](OC[C@H](O)[C@H]2O[C@H](O[C@H]3[C@H](O)[C@@H]([C@@H](O)CO)O[C@H](O)[C@H]3O)[C@@H](O)[C@@H](O[C@H]3O[C@H](CO)[C@@H](O)[C@H](O)[C@H]3O)[C@@H]2O)[C@@H](O)[C@@H](O)[C@@H]1O. The molecule has 0 aromatic rings. The predicted molar refractivity (Wildman–Crippen MR) is 152 cm³/mol. The Morgan fingerprint density at radius 3 is 1.43 bits per heavy atom. The molecule has 300 valence electrons. The predicted octanol–water partition coefficient (Wildman–Crippen LogP) is -11.7. The van der Waals surface area contributed by atoms with Gasteiger partial charge >= 0.3 is 0 Å². The Morgan fingerprint density at radius 2 is 0.882 bits per heavy atom. The highest BCUT2D eigenvalue weighted by atomic mass is 16.8. The van der Waals surface area contributed by atoms with Crippen LogP contribution in [0.3, 0.4) is 0 Å². The first-order valence-corrected chi connectivity index (χ1v) is 15.9. The minimum absolute atomic E-state index is 0.895. The van der Waals surface area contributed by atoms with Crippen molar-refractivity contribution >= 4 is 0 Å². The van der Waals surface area contributed by atoms with Gasteiger partial charge in [-0.2, -0.15) is 0 Å². The van der Waals surface area contributed by atoms with Gasteiger partial charge in [0.25, 0.3) is 0 Å². The van der Waals surface area contributed by atoms with E-state index in [4.69, 9.17) is 33.2 Å². The van der Waals surface area contributed by atoms with Crippen LogP contribution in [0, 0.1) is 0 Å². The number of hydrogen-bond donors (Lipinski definition) is 17. The molecule has 4 heterocycles. The minimum Gasteiger partial charge on any atom is -0.394 e. The molecule has 24 heteroatoms. The van der Waals surface area contributed by atoms with E-state index in [1.54, 1.807) is 0 Å². The second kappa shape index (κ2) is 18.1.